The zero-order valence-electron chi connectivity index (χ0n) is 9.10. The van der Waals surface area contributed by atoms with E-state index in [9.17, 15) is 9.90 Å². The van der Waals surface area contributed by atoms with Crippen LogP contribution in [-0.4, -0.2) is 35.5 Å². The molecule has 0 aromatic heterocycles. The quantitative estimate of drug-likeness (QED) is 0.772. The molecule has 1 amide bonds. The topological polar surface area (TPSA) is 66.6 Å². The van der Waals surface area contributed by atoms with Gasteiger partial charge in [-0.3, -0.25) is 4.79 Å². The first-order chi connectivity index (χ1) is 7.69. The standard InChI is InChI=1S/C12H16N2O2/c13-6-10-7-14(8-10)12(16)5-9-2-1-3-11(15)4-9/h1-4,10,15H,5-8,13H2. The molecule has 0 spiro atoms. The van der Waals surface area contributed by atoms with Gasteiger partial charge in [0.15, 0.2) is 0 Å². The van der Waals surface area contributed by atoms with Gasteiger partial charge in [-0.25, -0.2) is 0 Å². The lowest BCUT2D eigenvalue weighted by Crippen LogP contribution is -2.53. The molecule has 4 nitrogen and oxygen atoms in total. The predicted octanol–water partition coefficient (Wildman–Crippen LogP) is 0.352. The van der Waals surface area contributed by atoms with E-state index in [1.54, 1.807) is 18.2 Å². The smallest absolute Gasteiger partial charge is 0.227 e. The van der Waals surface area contributed by atoms with Crippen molar-refractivity contribution in [3.05, 3.63) is 29.8 Å². The second-order valence-corrected chi connectivity index (χ2v) is 4.25. The Morgan fingerprint density at radius 3 is 2.88 bits per heavy atom. The SMILES string of the molecule is NCC1CN(C(=O)Cc2cccc(O)c2)C1. The van der Waals surface area contributed by atoms with Gasteiger partial charge in [-0.1, -0.05) is 12.1 Å². The van der Waals surface area contributed by atoms with Crippen molar-refractivity contribution in [2.45, 2.75) is 6.42 Å². The predicted molar refractivity (Wildman–Crippen MR) is 60.9 cm³/mol. The number of carbonyl (C=O) groups excluding carboxylic acids is 1. The average Bonchev–Trinajstić information content (AvgIpc) is 2.15. The summed E-state index contributed by atoms with van der Waals surface area (Å²) in [7, 11) is 0. The molecule has 1 aromatic rings. The third-order valence-electron chi connectivity index (χ3n) is 2.91. The van der Waals surface area contributed by atoms with Crippen LogP contribution >= 0.6 is 0 Å². The molecule has 86 valence electrons. The van der Waals surface area contributed by atoms with Crippen LogP contribution in [0.5, 0.6) is 5.75 Å². The van der Waals surface area contributed by atoms with Crippen LogP contribution in [0.25, 0.3) is 0 Å². The molecule has 1 saturated heterocycles. The Morgan fingerprint density at radius 1 is 1.50 bits per heavy atom. The van der Waals surface area contributed by atoms with Crippen LogP contribution in [0.2, 0.25) is 0 Å². The van der Waals surface area contributed by atoms with Crippen molar-refractivity contribution in [1.82, 2.24) is 4.90 Å². The van der Waals surface area contributed by atoms with Crippen molar-refractivity contribution >= 4 is 5.91 Å². The number of likely N-dealkylation sites (tertiary alicyclic amines) is 1. The molecule has 16 heavy (non-hydrogen) atoms. The van der Waals surface area contributed by atoms with Gasteiger partial charge in [-0.05, 0) is 24.2 Å². The molecule has 0 aliphatic carbocycles. The van der Waals surface area contributed by atoms with Gasteiger partial charge in [0, 0.05) is 19.0 Å². The lowest BCUT2D eigenvalue weighted by molar-refractivity contribution is -0.136. The largest absolute Gasteiger partial charge is 0.508 e. The summed E-state index contributed by atoms with van der Waals surface area (Å²) in [5.74, 6) is 0.775. The molecule has 1 aliphatic rings. The lowest BCUT2D eigenvalue weighted by Gasteiger charge is -2.38. The minimum Gasteiger partial charge on any atom is -0.508 e. The van der Waals surface area contributed by atoms with Crippen molar-refractivity contribution in [2.75, 3.05) is 19.6 Å². The Hall–Kier alpha value is -1.55. The monoisotopic (exact) mass is 220 g/mol. The number of carbonyl (C=O) groups is 1. The van der Waals surface area contributed by atoms with E-state index in [0.717, 1.165) is 18.7 Å². The van der Waals surface area contributed by atoms with Gasteiger partial charge in [0.25, 0.3) is 0 Å². The minimum atomic E-state index is 0.107. The Morgan fingerprint density at radius 2 is 2.25 bits per heavy atom. The van der Waals surface area contributed by atoms with Crippen molar-refractivity contribution < 1.29 is 9.90 Å². The highest BCUT2D eigenvalue weighted by Gasteiger charge is 2.28. The Kier molecular flexibility index (Phi) is 3.10. The minimum absolute atomic E-state index is 0.107. The normalized spacial score (nSPS) is 15.9. The molecule has 1 heterocycles. The third-order valence-corrected chi connectivity index (χ3v) is 2.91. The number of phenols is 1. The highest BCUT2D eigenvalue weighted by molar-refractivity contribution is 5.79. The van der Waals surface area contributed by atoms with Gasteiger partial charge in [-0.15, -0.1) is 0 Å². The van der Waals surface area contributed by atoms with Crippen LogP contribution < -0.4 is 5.73 Å². The number of nitrogens with two attached hydrogens (primary N) is 1. The van der Waals surface area contributed by atoms with E-state index in [-0.39, 0.29) is 11.7 Å². The highest BCUT2D eigenvalue weighted by Crippen LogP contribution is 2.17. The van der Waals surface area contributed by atoms with Crippen LogP contribution in [-0.2, 0) is 11.2 Å². The Balaban J connectivity index is 1.89. The van der Waals surface area contributed by atoms with E-state index in [1.807, 2.05) is 11.0 Å². The van der Waals surface area contributed by atoms with Crippen LogP contribution in [0, 0.1) is 5.92 Å². The fourth-order valence-corrected chi connectivity index (χ4v) is 1.88. The number of rotatable bonds is 3. The summed E-state index contributed by atoms with van der Waals surface area (Å²) in [5, 5.41) is 9.27. The fourth-order valence-electron chi connectivity index (χ4n) is 1.88. The molecular formula is C12H16N2O2. The Labute approximate surface area is 94.7 Å². The number of amides is 1. The van der Waals surface area contributed by atoms with E-state index >= 15 is 0 Å². The summed E-state index contributed by atoms with van der Waals surface area (Å²) in [6.07, 6.45) is 0.353. The first kappa shape index (κ1) is 11.0. The fraction of sp³-hybridized carbons (Fsp3) is 0.417. The van der Waals surface area contributed by atoms with Gasteiger partial charge in [0.2, 0.25) is 5.91 Å². The lowest BCUT2D eigenvalue weighted by atomic mass is 9.99. The second kappa shape index (κ2) is 4.53. The van der Waals surface area contributed by atoms with Crippen LogP contribution in [0.1, 0.15) is 5.56 Å². The maximum absolute atomic E-state index is 11.8. The van der Waals surface area contributed by atoms with Crippen LogP contribution in [0.4, 0.5) is 0 Å². The molecule has 0 radical (unpaired) electrons. The maximum Gasteiger partial charge on any atom is 0.227 e. The number of phenolic OH excluding ortho intramolecular Hbond substituents is 1. The average molecular weight is 220 g/mol. The summed E-state index contributed by atoms with van der Waals surface area (Å²) in [4.78, 5) is 13.6. The van der Waals surface area contributed by atoms with Gasteiger partial charge in [0.1, 0.15) is 5.75 Å². The van der Waals surface area contributed by atoms with Gasteiger partial charge < -0.3 is 15.7 Å². The molecule has 1 aromatic carbocycles. The van der Waals surface area contributed by atoms with Crippen molar-refractivity contribution in [2.24, 2.45) is 11.7 Å². The van der Waals surface area contributed by atoms with E-state index < -0.39 is 0 Å². The molecule has 1 aliphatic heterocycles. The van der Waals surface area contributed by atoms with E-state index in [0.29, 0.717) is 18.9 Å². The molecular weight excluding hydrogens is 204 g/mol. The van der Waals surface area contributed by atoms with Gasteiger partial charge in [-0.2, -0.15) is 0 Å². The maximum atomic E-state index is 11.8. The number of hydrogen-bond acceptors (Lipinski definition) is 3. The van der Waals surface area contributed by atoms with E-state index in [4.69, 9.17) is 5.73 Å². The van der Waals surface area contributed by atoms with E-state index in [1.165, 1.54) is 0 Å². The number of aromatic hydroxyl groups is 1. The first-order valence-electron chi connectivity index (χ1n) is 5.45. The summed E-state index contributed by atoms with van der Waals surface area (Å²) in [6, 6.07) is 6.81. The summed E-state index contributed by atoms with van der Waals surface area (Å²) in [5.41, 5.74) is 6.35. The summed E-state index contributed by atoms with van der Waals surface area (Å²) < 4.78 is 0. The third kappa shape index (κ3) is 2.33. The summed E-state index contributed by atoms with van der Waals surface area (Å²) in [6.45, 7) is 2.19. The number of benzene rings is 1. The summed E-state index contributed by atoms with van der Waals surface area (Å²) >= 11 is 0. The second-order valence-electron chi connectivity index (χ2n) is 4.25. The zero-order valence-corrected chi connectivity index (χ0v) is 9.10. The number of nitrogens with zero attached hydrogens (tertiary/aromatic N) is 1. The van der Waals surface area contributed by atoms with Crippen LogP contribution in [0.3, 0.4) is 0 Å². The zero-order chi connectivity index (χ0) is 11.5. The van der Waals surface area contributed by atoms with Crippen molar-refractivity contribution in [1.29, 1.82) is 0 Å². The molecule has 2 rings (SSSR count). The van der Waals surface area contributed by atoms with Crippen LogP contribution in [0.15, 0.2) is 24.3 Å². The highest BCUT2D eigenvalue weighted by atomic mass is 16.3. The molecule has 4 heteroatoms. The molecule has 0 saturated carbocycles. The van der Waals surface area contributed by atoms with Gasteiger partial charge in [0.05, 0.1) is 6.42 Å². The van der Waals surface area contributed by atoms with Crippen molar-refractivity contribution in [3.8, 4) is 5.75 Å². The molecule has 3 N–H and O–H groups in total. The molecule has 0 atom stereocenters. The van der Waals surface area contributed by atoms with Crippen molar-refractivity contribution in [3.63, 3.8) is 0 Å². The first-order valence-corrected chi connectivity index (χ1v) is 5.45. The Bertz CT molecular complexity index is 386. The molecule has 0 bridgehead atoms. The van der Waals surface area contributed by atoms with E-state index in [2.05, 4.69) is 0 Å². The molecule has 1 fully saturated rings. The molecule has 0 unspecified atom stereocenters. The number of hydrogen-bond donors (Lipinski definition) is 2. The van der Waals surface area contributed by atoms with Gasteiger partial charge >= 0.3 is 0 Å².